The topological polar surface area (TPSA) is 206 Å². The maximum atomic E-state index is 11.5. The van der Waals surface area contributed by atoms with Crippen molar-refractivity contribution in [1.82, 2.24) is 0 Å². The lowest BCUT2D eigenvalue weighted by Gasteiger charge is -2.37. The van der Waals surface area contributed by atoms with Gasteiger partial charge in [-0.05, 0) is 25.0 Å². The number of anilines is 2. The smallest absolute Gasteiger partial charge is 0.299 e. The van der Waals surface area contributed by atoms with Crippen LogP contribution in [0.3, 0.4) is 0 Å². The first kappa shape index (κ1) is 26.2. The Morgan fingerprint density at radius 1 is 0.917 bits per heavy atom. The highest BCUT2D eigenvalue weighted by molar-refractivity contribution is 5.67. The average Bonchev–Trinajstić information content (AvgIpc) is 2.84. The summed E-state index contributed by atoms with van der Waals surface area (Å²) in [5, 5.41) is 47.8. The molecule has 0 aromatic heterocycles. The van der Waals surface area contributed by atoms with Crippen molar-refractivity contribution in [3.05, 3.63) is 76.9 Å². The highest BCUT2D eigenvalue weighted by Crippen LogP contribution is 2.34. The fourth-order valence-corrected chi connectivity index (χ4v) is 3.95. The molecule has 2 aromatic carbocycles. The van der Waals surface area contributed by atoms with Gasteiger partial charge in [0.05, 0.1) is 44.0 Å². The predicted molar refractivity (Wildman–Crippen MR) is 125 cm³/mol. The normalized spacial score (nSPS) is 19.3. The Morgan fingerprint density at radius 2 is 1.50 bits per heavy atom. The van der Waals surface area contributed by atoms with Crippen molar-refractivity contribution in [3.8, 4) is 0 Å². The molecule has 1 aliphatic rings. The summed E-state index contributed by atoms with van der Waals surface area (Å²) in [4.78, 5) is 43.5. The van der Waals surface area contributed by atoms with Gasteiger partial charge in [-0.1, -0.05) is 0 Å². The minimum absolute atomic E-state index is 0.0679. The summed E-state index contributed by atoms with van der Waals surface area (Å²) in [5.41, 5.74) is -1.47. The first-order valence-electron chi connectivity index (χ1n) is 10.5. The number of non-ortho nitro benzene ring substituents is 2. The van der Waals surface area contributed by atoms with Gasteiger partial charge in [-0.2, -0.15) is 0 Å². The molecule has 0 unspecified atom stereocenters. The van der Waals surface area contributed by atoms with Crippen LogP contribution in [0.25, 0.3) is 0 Å². The Kier molecular flexibility index (Phi) is 7.90. The van der Waals surface area contributed by atoms with Crippen molar-refractivity contribution in [2.45, 2.75) is 31.3 Å². The standard InChI is InChI=1S/C20H22N6O10/c1-22(17-8-4-13(24(29)30)10-19(17)26(33)34)11-14-5-7-16(20(35-2)36-14)21-15-6-3-12(23(27)28)9-18(15)25(31)32/h3-4,6,8-10,14,16,20-21H,5,7,11H2,1-2H3/t14-,16+,20-/m1/s1. The lowest BCUT2D eigenvalue weighted by Crippen LogP contribution is -2.47. The summed E-state index contributed by atoms with van der Waals surface area (Å²) in [7, 11) is 2.97. The van der Waals surface area contributed by atoms with Crippen LogP contribution in [0.1, 0.15) is 12.8 Å². The lowest BCUT2D eigenvalue weighted by molar-refractivity contribution is -0.393. The number of nitro benzene ring substituents is 4. The molecule has 0 amide bonds. The average molecular weight is 506 g/mol. The van der Waals surface area contributed by atoms with Crippen LogP contribution < -0.4 is 10.2 Å². The summed E-state index contributed by atoms with van der Waals surface area (Å²) in [6, 6.07) is 6.10. The Morgan fingerprint density at radius 3 is 2.06 bits per heavy atom. The van der Waals surface area contributed by atoms with E-state index in [9.17, 15) is 40.5 Å². The number of rotatable bonds is 10. The van der Waals surface area contributed by atoms with Crippen LogP contribution in [-0.4, -0.2) is 58.8 Å². The number of benzene rings is 2. The van der Waals surface area contributed by atoms with Crippen molar-refractivity contribution < 1.29 is 29.2 Å². The third-order valence-electron chi connectivity index (χ3n) is 5.67. The van der Waals surface area contributed by atoms with Crippen molar-refractivity contribution in [2.75, 3.05) is 30.9 Å². The molecular formula is C20H22N6O10. The molecule has 0 radical (unpaired) electrons. The van der Waals surface area contributed by atoms with E-state index in [4.69, 9.17) is 9.47 Å². The molecule has 1 saturated heterocycles. The minimum atomic E-state index is -0.848. The van der Waals surface area contributed by atoms with Gasteiger partial charge in [0.2, 0.25) is 0 Å². The summed E-state index contributed by atoms with van der Waals surface area (Å²) in [6.07, 6.45) is -0.407. The molecule has 0 aliphatic carbocycles. The van der Waals surface area contributed by atoms with Gasteiger partial charge in [0, 0.05) is 32.8 Å². The molecule has 1 N–H and O–H groups in total. The second-order valence-electron chi connectivity index (χ2n) is 7.97. The molecule has 0 spiro atoms. The third-order valence-corrected chi connectivity index (χ3v) is 5.67. The van der Waals surface area contributed by atoms with Gasteiger partial charge in [-0.25, -0.2) is 0 Å². The van der Waals surface area contributed by atoms with Crippen LogP contribution in [-0.2, 0) is 9.47 Å². The van der Waals surface area contributed by atoms with E-state index in [1.54, 1.807) is 11.9 Å². The van der Waals surface area contributed by atoms with E-state index in [0.29, 0.717) is 12.8 Å². The number of hydrogen-bond acceptors (Lipinski definition) is 12. The second kappa shape index (κ2) is 10.9. The van der Waals surface area contributed by atoms with E-state index in [1.807, 2.05) is 0 Å². The Bertz CT molecular complexity index is 1190. The summed E-state index contributed by atoms with van der Waals surface area (Å²) in [5.74, 6) is 0. The Labute approximate surface area is 203 Å². The predicted octanol–water partition coefficient (Wildman–Crippen LogP) is 3.39. The molecular weight excluding hydrogens is 484 g/mol. The molecule has 192 valence electrons. The van der Waals surface area contributed by atoms with E-state index in [-0.39, 0.29) is 17.9 Å². The second-order valence-corrected chi connectivity index (χ2v) is 7.97. The van der Waals surface area contributed by atoms with Crippen molar-refractivity contribution >= 4 is 34.1 Å². The van der Waals surface area contributed by atoms with Crippen LogP contribution in [0, 0.1) is 40.5 Å². The SMILES string of the molecule is CO[C@@H]1O[C@@H](CN(C)c2ccc([N+](=O)[O-])cc2[N+](=O)[O-])CC[C@@H]1Nc1ccc([N+](=O)[O-])cc1[N+](=O)[O-]. The molecule has 1 aliphatic heterocycles. The van der Waals surface area contributed by atoms with Gasteiger partial charge < -0.3 is 19.7 Å². The number of nitrogens with one attached hydrogen (secondary N) is 1. The van der Waals surface area contributed by atoms with Crippen molar-refractivity contribution in [2.24, 2.45) is 0 Å². The fraction of sp³-hybridized carbons (Fsp3) is 0.400. The van der Waals surface area contributed by atoms with Gasteiger partial charge >= 0.3 is 0 Å². The maximum absolute atomic E-state index is 11.5. The molecule has 2 aromatic rings. The molecule has 3 rings (SSSR count). The van der Waals surface area contributed by atoms with Crippen LogP contribution >= 0.6 is 0 Å². The Hall–Kier alpha value is -4.44. The zero-order chi connectivity index (χ0) is 26.6. The Balaban J connectivity index is 1.72. The fourth-order valence-electron chi connectivity index (χ4n) is 3.95. The van der Waals surface area contributed by atoms with Gasteiger partial charge in [0.15, 0.2) is 6.29 Å². The van der Waals surface area contributed by atoms with E-state index in [2.05, 4.69) is 5.32 Å². The van der Waals surface area contributed by atoms with Crippen LogP contribution in [0.4, 0.5) is 34.1 Å². The molecule has 16 heteroatoms. The maximum Gasteiger partial charge on any atom is 0.299 e. The zero-order valence-corrected chi connectivity index (χ0v) is 19.1. The van der Waals surface area contributed by atoms with E-state index >= 15 is 0 Å². The first-order valence-corrected chi connectivity index (χ1v) is 10.5. The van der Waals surface area contributed by atoms with Crippen molar-refractivity contribution in [1.29, 1.82) is 0 Å². The van der Waals surface area contributed by atoms with E-state index in [0.717, 1.165) is 18.2 Å². The number of nitro groups is 4. The van der Waals surface area contributed by atoms with Crippen LogP contribution in [0.2, 0.25) is 0 Å². The quantitative estimate of drug-likeness (QED) is 0.363. The van der Waals surface area contributed by atoms with Crippen LogP contribution in [0.15, 0.2) is 36.4 Å². The van der Waals surface area contributed by atoms with Crippen LogP contribution in [0.5, 0.6) is 0 Å². The summed E-state index contributed by atoms with van der Waals surface area (Å²) >= 11 is 0. The highest BCUT2D eigenvalue weighted by Gasteiger charge is 2.34. The van der Waals surface area contributed by atoms with Gasteiger partial charge in [-0.3, -0.25) is 40.5 Å². The van der Waals surface area contributed by atoms with Gasteiger partial charge in [0.1, 0.15) is 11.4 Å². The van der Waals surface area contributed by atoms with Gasteiger partial charge in [-0.15, -0.1) is 0 Å². The zero-order valence-electron chi connectivity index (χ0n) is 19.1. The lowest BCUT2D eigenvalue weighted by atomic mass is 10.0. The molecule has 0 saturated carbocycles. The van der Waals surface area contributed by atoms with Crippen molar-refractivity contribution in [3.63, 3.8) is 0 Å². The molecule has 1 heterocycles. The third kappa shape index (κ3) is 5.78. The highest BCUT2D eigenvalue weighted by atomic mass is 16.7. The number of methoxy groups -OCH3 is 1. The molecule has 3 atom stereocenters. The number of likely N-dealkylation sites (N-methyl/N-ethyl adjacent to an activating group) is 1. The minimum Gasteiger partial charge on any atom is -0.372 e. The molecule has 16 nitrogen and oxygen atoms in total. The molecule has 0 bridgehead atoms. The molecule has 1 fully saturated rings. The summed E-state index contributed by atoms with van der Waals surface area (Å²) < 4.78 is 11.3. The largest absolute Gasteiger partial charge is 0.372 e. The van der Waals surface area contributed by atoms with E-state index in [1.165, 1.54) is 25.3 Å². The number of hydrogen-bond donors (Lipinski definition) is 1. The molecule has 36 heavy (non-hydrogen) atoms. The number of ether oxygens (including phenoxy) is 2. The van der Waals surface area contributed by atoms with Gasteiger partial charge in [0.25, 0.3) is 22.7 Å². The first-order chi connectivity index (χ1) is 17.0. The summed E-state index contributed by atoms with van der Waals surface area (Å²) in [6.45, 7) is 0.197. The number of nitrogens with zero attached hydrogens (tertiary/aromatic N) is 5. The van der Waals surface area contributed by atoms with E-state index < -0.39 is 60.9 Å². The monoisotopic (exact) mass is 506 g/mol.